The second-order valence-corrected chi connectivity index (χ2v) is 6.47. The normalized spacial score (nSPS) is 17.8. The van der Waals surface area contributed by atoms with Gasteiger partial charge in [-0.05, 0) is 19.4 Å². The van der Waals surface area contributed by atoms with E-state index in [4.69, 9.17) is 10.5 Å². The number of aromatic nitrogens is 1. The first-order chi connectivity index (χ1) is 8.96. The largest absolute Gasteiger partial charge is 0.487 e. The second kappa shape index (κ2) is 4.21. The minimum absolute atomic E-state index is 0.217. The molecule has 1 aliphatic rings. The number of anilines is 1. The predicted molar refractivity (Wildman–Crippen MR) is 75.4 cm³/mol. The summed E-state index contributed by atoms with van der Waals surface area (Å²) in [5, 5.41) is 10.9. The van der Waals surface area contributed by atoms with Crippen molar-refractivity contribution < 1.29 is 9.84 Å². The van der Waals surface area contributed by atoms with Crippen molar-refractivity contribution in [1.29, 1.82) is 0 Å². The molecule has 100 valence electrons. The lowest BCUT2D eigenvalue weighted by Gasteiger charge is -2.19. The number of thiazole rings is 1. The third-order valence-electron chi connectivity index (χ3n) is 3.23. The quantitative estimate of drug-likeness (QED) is 0.884. The summed E-state index contributed by atoms with van der Waals surface area (Å²) in [6, 6.07) is 5.88. The highest BCUT2D eigenvalue weighted by Gasteiger charge is 2.33. The molecule has 3 N–H and O–H groups in total. The summed E-state index contributed by atoms with van der Waals surface area (Å²) in [6.45, 7) is 4.10. The maximum Gasteiger partial charge on any atom is 0.180 e. The van der Waals surface area contributed by atoms with Gasteiger partial charge in [0.15, 0.2) is 5.13 Å². The molecule has 0 radical (unpaired) electrons. The van der Waals surface area contributed by atoms with E-state index in [1.54, 1.807) is 6.20 Å². The van der Waals surface area contributed by atoms with Gasteiger partial charge in [-0.3, -0.25) is 0 Å². The van der Waals surface area contributed by atoms with E-state index in [-0.39, 0.29) is 5.60 Å². The Morgan fingerprint density at radius 3 is 2.95 bits per heavy atom. The minimum Gasteiger partial charge on any atom is -0.487 e. The van der Waals surface area contributed by atoms with E-state index in [1.807, 2.05) is 32.0 Å². The Labute approximate surface area is 115 Å². The first kappa shape index (κ1) is 12.4. The van der Waals surface area contributed by atoms with Crippen molar-refractivity contribution in [2.45, 2.75) is 32.0 Å². The van der Waals surface area contributed by atoms with E-state index in [2.05, 4.69) is 4.98 Å². The zero-order chi connectivity index (χ0) is 13.6. The Kier molecular flexibility index (Phi) is 2.76. The lowest BCUT2D eigenvalue weighted by Crippen LogP contribution is -2.25. The average Bonchev–Trinajstić information content (AvgIpc) is 2.89. The summed E-state index contributed by atoms with van der Waals surface area (Å²) < 4.78 is 5.97. The number of nitrogens with zero attached hydrogens (tertiary/aromatic N) is 1. The van der Waals surface area contributed by atoms with E-state index in [0.29, 0.717) is 5.13 Å². The first-order valence-corrected chi connectivity index (χ1v) is 6.98. The van der Waals surface area contributed by atoms with E-state index in [9.17, 15) is 5.11 Å². The lowest BCUT2D eigenvalue weighted by molar-refractivity contribution is 0.131. The van der Waals surface area contributed by atoms with Gasteiger partial charge in [-0.15, -0.1) is 0 Å². The molecule has 2 aromatic rings. The summed E-state index contributed by atoms with van der Waals surface area (Å²) >= 11 is 1.30. The smallest absolute Gasteiger partial charge is 0.180 e. The number of hydrogen-bond acceptors (Lipinski definition) is 5. The fourth-order valence-corrected chi connectivity index (χ4v) is 3.13. The molecule has 1 aromatic carbocycles. The third kappa shape index (κ3) is 2.19. The van der Waals surface area contributed by atoms with E-state index in [0.717, 1.165) is 28.2 Å². The van der Waals surface area contributed by atoms with Crippen LogP contribution in [-0.2, 0) is 6.42 Å². The summed E-state index contributed by atoms with van der Waals surface area (Å²) in [5.74, 6) is 0.798. The minimum atomic E-state index is -0.737. The number of nitrogen functional groups attached to an aromatic ring is 1. The van der Waals surface area contributed by atoms with Crippen molar-refractivity contribution in [3.63, 3.8) is 0 Å². The molecule has 1 unspecified atom stereocenters. The molecular weight excluding hydrogens is 260 g/mol. The Morgan fingerprint density at radius 2 is 2.26 bits per heavy atom. The fourth-order valence-electron chi connectivity index (χ4n) is 2.44. The van der Waals surface area contributed by atoms with Gasteiger partial charge in [0, 0.05) is 18.2 Å². The van der Waals surface area contributed by atoms with Crippen molar-refractivity contribution in [3.05, 3.63) is 40.4 Å². The highest BCUT2D eigenvalue weighted by molar-refractivity contribution is 7.15. The van der Waals surface area contributed by atoms with E-state index < -0.39 is 6.10 Å². The molecule has 0 aliphatic carbocycles. The summed E-state index contributed by atoms with van der Waals surface area (Å²) in [4.78, 5) is 4.72. The highest BCUT2D eigenvalue weighted by Crippen LogP contribution is 2.42. The summed E-state index contributed by atoms with van der Waals surface area (Å²) in [6.07, 6.45) is 1.73. The predicted octanol–water partition coefficient (Wildman–Crippen LogP) is 2.52. The van der Waals surface area contributed by atoms with Crippen LogP contribution in [0.15, 0.2) is 24.4 Å². The van der Waals surface area contributed by atoms with Crippen LogP contribution >= 0.6 is 11.3 Å². The first-order valence-electron chi connectivity index (χ1n) is 6.16. The molecule has 3 rings (SSSR count). The Hall–Kier alpha value is -1.59. The van der Waals surface area contributed by atoms with Gasteiger partial charge >= 0.3 is 0 Å². The standard InChI is InChI=1S/C14H16N2O2S/c1-14(2)6-8-4-3-5-9(12(8)18-14)11(17)10-7-16-13(15)19-10/h3-5,7,11,17H,6H2,1-2H3,(H2,15,16). The van der Waals surface area contributed by atoms with Gasteiger partial charge < -0.3 is 15.6 Å². The van der Waals surface area contributed by atoms with Crippen LogP contribution in [0.1, 0.15) is 36.0 Å². The Bertz CT molecular complexity index is 622. The second-order valence-electron chi connectivity index (χ2n) is 5.38. The Balaban J connectivity index is 2.01. The highest BCUT2D eigenvalue weighted by atomic mass is 32.1. The average molecular weight is 276 g/mol. The van der Waals surface area contributed by atoms with Crippen LogP contribution in [0.4, 0.5) is 5.13 Å². The van der Waals surface area contributed by atoms with Crippen LogP contribution in [0, 0.1) is 0 Å². The van der Waals surface area contributed by atoms with Gasteiger partial charge in [0.2, 0.25) is 0 Å². The number of benzene rings is 1. The van der Waals surface area contributed by atoms with Crippen LogP contribution in [0.3, 0.4) is 0 Å². The third-order valence-corrected chi connectivity index (χ3v) is 4.11. The summed E-state index contributed by atoms with van der Waals surface area (Å²) in [5.41, 5.74) is 7.32. The van der Waals surface area contributed by atoms with Gasteiger partial charge in [0.25, 0.3) is 0 Å². The van der Waals surface area contributed by atoms with Crippen molar-refractivity contribution in [2.24, 2.45) is 0 Å². The van der Waals surface area contributed by atoms with Crippen LogP contribution in [0.25, 0.3) is 0 Å². The molecule has 0 fully saturated rings. The van der Waals surface area contributed by atoms with Crippen LogP contribution in [0.5, 0.6) is 5.75 Å². The molecule has 19 heavy (non-hydrogen) atoms. The van der Waals surface area contributed by atoms with E-state index >= 15 is 0 Å². The topological polar surface area (TPSA) is 68.4 Å². The summed E-state index contributed by atoms with van der Waals surface area (Å²) in [7, 11) is 0. The van der Waals surface area contributed by atoms with Gasteiger partial charge in [0.1, 0.15) is 17.5 Å². The number of rotatable bonds is 2. The number of nitrogens with two attached hydrogens (primary N) is 1. The molecule has 4 nitrogen and oxygen atoms in total. The van der Waals surface area contributed by atoms with Crippen molar-refractivity contribution in [3.8, 4) is 5.75 Å². The van der Waals surface area contributed by atoms with Gasteiger partial charge in [-0.25, -0.2) is 4.98 Å². The molecule has 0 spiro atoms. The molecule has 1 atom stereocenters. The molecule has 1 aliphatic heterocycles. The SMILES string of the molecule is CC1(C)Cc2cccc(C(O)c3cnc(N)s3)c2O1. The molecule has 5 heteroatoms. The molecule has 2 heterocycles. The molecule has 0 amide bonds. The van der Waals surface area contributed by atoms with Crippen molar-refractivity contribution in [1.82, 2.24) is 4.98 Å². The zero-order valence-electron chi connectivity index (χ0n) is 10.9. The Morgan fingerprint density at radius 1 is 1.47 bits per heavy atom. The monoisotopic (exact) mass is 276 g/mol. The number of hydrogen-bond donors (Lipinski definition) is 2. The van der Waals surface area contributed by atoms with Crippen molar-refractivity contribution >= 4 is 16.5 Å². The fraction of sp³-hybridized carbons (Fsp3) is 0.357. The number of aliphatic hydroxyl groups is 1. The molecular formula is C14H16N2O2S. The number of aliphatic hydroxyl groups excluding tert-OH is 1. The van der Waals surface area contributed by atoms with Crippen LogP contribution < -0.4 is 10.5 Å². The number of fused-ring (bicyclic) bond motifs is 1. The molecule has 0 bridgehead atoms. The molecule has 1 aromatic heterocycles. The zero-order valence-corrected chi connectivity index (χ0v) is 11.7. The van der Waals surface area contributed by atoms with Gasteiger partial charge in [-0.2, -0.15) is 0 Å². The molecule has 0 saturated carbocycles. The maximum absolute atomic E-state index is 10.5. The van der Waals surface area contributed by atoms with Crippen molar-refractivity contribution in [2.75, 3.05) is 5.73 Å². The number of para-hydroxylation sites is 1. The van der Waals surface area contributed by atoms with Gasteiger partial charge in [0.05, 0.1) is 4.88 Å². The van der Waals surface area contributed by atoms with E-state index in [1.165, 1.54) is 11.3 Å². The van der Waals surface area contributed by atoms with Crippen LogP contribution in [0.2, 0.25) is 0 Å². The number of ether oxygens (including phenoxy) is 1. The lowest BCUT2D eigenvalue weighted by atomic mass is 9.99. The van der Waals surface area contributed by atoms with Gasteiger partial charge in [-0.1, -0.05) is 29.5 Å². The maximum atomic E-state index is 10.5. The van der Waals surface area contributed by atoms with Crippen LogP contribution in [-0.4, -0.2) is 15.7 Å². The molecule has 0 saturated heterocycles.